The summed E-state index contributed by atoms with van der Waals surface area (Å²) in [4.78, 5) is 7.39. The summed E-state index contributed by atoms with van der Waals surface area (Å²) in [6, 6.07) is 0. The Kier molecular flexibility index (Phi) is 4.56. The van der Waals surface area contributed by atoms with Crippen molar-refractivity contribution in [1.29, 1.82) is 0 Å². The van der Waals surface area contributed by atoms with Crippen LogP contribution in [0.5, 0.6) is 0 Å². The Bertz CT molecular complexity index is 389. The average molecular weight is 247 g/mol. The van der Waals surface area contributed by atoms with E-state index in [-0.39, 0.29) is 17.0 Å². The number of rotatable bonds is 5. The Morgan fingerprint density at radius 1 is 1.69 bits per heavy atom. The molecule has 0 fully saturated rings. The van der Waals surface area contributed by atoms with Crippen LogP contribution in [0.25, 0.3) is 0 Å². The lowest BCUT2D eigenvalue weighted by Gasteiger charge is -2.11. The fraction of sp³-hybridized carbons (Fsp3) is 0.500. The van der Waals surface area contributed by atoms with E-state index in [4.69, 9.17) is 5.84 Å². The first-order chi connectivity index (χ1) is 7.54. The summed E-state index contributed by atoms with van der Waals surface area (Å²) in [5.74, 6) is 4.68. The van der Waals surface area contributed by atoms with Crippen molar-refractivity contribution in [2.75, 3.05) is 23.5 Å². The lowest BCUT2D eigenvalue weighted by molar-refractivity contribution is 0.616. The van der Waals surface area contributed by atoms with Gasteiger partial charge in [0, 0.05) is 28.9 Å². The van der Waals surface area contributed by atoms with Crippen LogP contribution in [0, 0.1) is 5.82 Å². The largest absolute Gasteiger partial charge is 0.366 e. The maximum absolute atomic E-state index is 13.2. The van der Waals surface area contributed by atoms with Gasteiger partial charge in [-0.1, -0.05) is 0 Å². The molecule has 2 unspecified atom stereocenters. The molecule has 0 aliphatic rings. The van der Waals surface area contributed by atoms with Gasteiger partial charge in [0.2, 0.25) is 5.95 Å². The molecule has 1 heterocycles. The van der Waals surface area contributed by atoms with Crippen LogP contribution < -0.4 is 16.6 Å². The van der Waals surface area contributed by atoms with Crippen LogP contribution in [0.15, 0.2) is 6.20 Å². The Morgan fingerprint density at radius 3 is 2.94 bits per heavy atom. The highest BCUT2D eigenvalue weighted by Crippen LogP contribution is 2.11. The van der Waals surface area contributed by atoms with Gasteiger partial charge >= 0.3 is 0 Å². The molecule has 0 aliphatic carbocycles. The quantitative estimate of drug-likeness (QED) is 0.504. The lowest BCUT2D eigenvalue weighted by Crippen LogP contribution is -2.22. The highest BCUT2D eigenvalue weighted by atomic mass is 32.2. The van der Waals surface area contributed by atoms with Crippen molar-refractivity contribution >= 4 is 22.6 Å². The maximum Gasteiger partial charge on any atom is 0.239 e. The molecule has 0 saturated carbocycles. The average Bonchev–Trinajstić information content (AvgIpc) is 2.27. The monoisotopic (exact) mass is 247 g/mol. The van der Waals surface area contributed by atoms with Gasteiger partial charge in [0.25, 0.3) is 0 Å². The van der Waals surface area contributed by atoms with Gasteiger partial charge in [-0.25, -0.2) is 15.2 Å². The Morgan fingerprint density at radius 2 is 2.38 bits per heavy atom. The predicted octanol–water partition coefficient (Wildman–Crippen LogP) is 0.0802. The minimum atomic E-state index is -0.966. The standard InChI is InChI=1S/C8H14FN5OS/c1-5(16(2)15)3-11-7-6(9)4-12-8(13-7)14-10/h4-5H,3,10H2,1-2H3,(H2,11,12,13,14). The zero-order valence-corrected chi connectivity index (χ0v) is 9.84. The van der Waals surface area contributed by atoms with Crippen molar-refractivity contribution in [2.24, 2.45) is 5.84 Å². The van der Waals surface area contributed by atoms with Crippen molar-refractivity contribution in [3.8, 4) is 0 Å². The zero-order valence-electron chi connectivity index (χ0n) is 9.03. The van der Waals surface area contributed by atoms with Crippen molar-refractivity contribution < 1.29 is 8.60 Å². The van der Waals surface area contributed by atoms with E-state index in [9.17, 15) is 8.60 Å². The first-order valence-electron chi connectivity index (χ1n) is 4.60. The molecule has 0 aliphatic heterocycles. The Hall–Kier alpha value is -1.28. The number of nitrogen functional groups attached to an aromatic ring is 1. The Labute approximate surface area is 95.3 Å². The molecule has 0 saturated heterocycles. The number of aromatic nitrogens is 2. The topological polar surface area (TPSA) is 92.9 Å². The molecule has 0 spiro atoms. The van der Waals surface area contributed by atoms with Gasteiger partial charge in [-0.15, -0.1) is 0 Å². The predicted molar refractivity (Wildman–Crippen MR) is 61.8 cm³/mol. The van der Waals surface area contributed by atoms with Gasteiger partial charge in [0.1, 0.15) is 0 Å². The number of hydrazine groups is 1. The number of nitrogens with one attached hydrogen (secondary N) is 2. The molecule has 6 nitrogen and oxygen atoms in total. The number of halogens is 1. The minimum Gasteiger partial charge on any atom is -0.366 e. The van der Waals surface area contributed by atoms with Crippen molar-refractivity contribution in [3.63, 3.8) is 0 Å². The third-order valence-electron chi connectivity index (χ3n) is 2.00. The van der Waals surface area contributed by atoms with Crippen LogP contribution in [-0.2, 0) is 10.8 Å². The summed E-state index contributed by atoms with van der Waals surface area (Å²) in [5.41, 5.74) is 2.22. The van der Waals surface area contributed by atoms with E-state index in [1.54, 1.807) is 13.2 Å². The molecule has 1 rings (SSSR count). The number of hydrogen-bond donors (Lipinski definition) is 3. The third-order valence-corrected chi connectivity index (χ3v) is 3.30. The summed E-state index contributed by atoms with van der Waals surface area (Å²) in [7, 11) is -0.966. The number of nitrogens with zero attached hydrogens (tertiary/aromatic N) is 2. The van der Waals surface area contributed by atoms with E-state index in [1.807, 2.05) is 0 Å². The molecule has 8 heteroatoms. The number of anilines is 2. The Balaban J connectivity index is 2.69. The molecule has 2 atom stereocenters. The molecular formula is C8H14FN5OS. The normalized spacial score (nSPS) is 14.2. The van der Waals surface area contributed by atoms with Gasteiger partial charge < -0.3 is 5.32 Å². The van der Waals surface area contributed by atoms with Crippen LogP contribution in [0.2, 0.25) is 0 Å². The molecule has 4 N–H and O–H groups in total. The van der Waals surface area contributed by atoms with E-state index in [2.05, 4.69) is 20.7 Å². The van der Waals surface area contributed by atoms with Crippen LogP contribution in [0.1, 0.15) is 6.92 Å². The van der Waals surface area contributed by atoms with Gasteiger partial charge in [-0.2, -0.15) is 4.98 Å². The van der Waals surface area contributed by atoms with Crippen molar-refractivity contribution in [3.05, 3.63) is 12.0 Å². The van der Waals surface area contributed by atoms with Gasteiger partial charge in [-0.05, 0) is 6.92 Å². The van der Waals surface area contributed by atoms with Crippen LogP contribution in [-0.4, -0.2) is 32.2 Å². The summed E-state index contributed by atoms with van der Waals surface area (Å²) in [6.07, 6.45) is 2.60. The highest BCUT2D eigenvalue weighted by Gasteiger charge is 2.10. The second-order valence-corrected chi connectivity index (χ2v) is 5.03. The fourth-order valence-electron chi connectivity index (χ4n) is 0.918. The van der Waals surface area contributed by atoms with E-state index >= 15 is 0 Å². The smallest absolute Gasteiger partial charge is 0.239 e. The van der Waals surface area contributed by atoms with Gasteiger partial charge in [-0.3, -0.25) is 9.63 Å². The second-order valence-electron chi connectivity index (χ2n) is 3.22. The van der Waals surface area contributed by atoms with E-state index in [0.717, 1.165) is 6.20 Å². The van der Waals surface area contributed by atoms with E-state index in [1.165, 1.54) is 0 Å². The zero-order chi connectivity index (χ0) is 12.1. The van der Waals surface area contributed by atoms with Gasteiger partial charge in [0.15, 0.2) is 11.6 Å². The lowest BCUT2D eigenvalue weighted by atomic mass is 10.4. The molecule has 16 heavy (non-hydrogen) atoms. The minimum absolute atomic E-state index is 0.0419. The molecule has 1 aromatic heterocycles. The molecule has 0 amide bonds. The summed E-state index contributed by atoms with van der Waals surface area (Å²) in [6.45, 7) is 2.16. The van der Waals surface area contributed by atoms with Gasteiger partial charge in [0.05, 0.1) is 6.20 Å². The maximum atomic E-state index is 13.2. The first kappa shape index (κ1) is 12.8. The van der Waals surface area contributed by atoms with E-state index in [0.29, 0.717) is 6.54 Å². The number of hydrogen-bond acceptors (Lipinski definition) is 6. The molecule has 0 radical (unpaired) electrons. The summed E-state index contributed by atoms with van der Waals surface area (Å²) < 4.78 is 24.3. The van der Waals surface area contributed by atoms with Crippen LogP contribution >= 0.6 is 0 Å². The van der Waals surface area contributed by atoms with Crippen LogP contribution in [0.4, 0.5) is 16.2 Å². The molecular weight excluding hydrogens is 233 g/mol. The SMILES string of the molecule is CC(CNc1nc(NN)ncc1F)S(C)=O. The highest BCUT2D eigenvalue weighted by molar-refractivity contribution is 7.84. The molecule has 1 aromatic rings. The fourth-order valence-corrected chi connectivity index (χ4v) is 1.24. The number of nitrogens with two attached hydrogens (primary N) is 1. The van der Waals surface area contributed by atoms with Crippen LogP contribution in [0.3, 0.4) is 0 Å². The molecule has 90 valence electrons. The second kappa shape index (κ2) is 5.71. The van der Waals surface area contributed by atoms with Crippen molar-refractivity contribution in [2.45, 2.75) is 12.2 Å². The summed E-state index contributed by atoms with van der Waals surface area (Å²) >= 11 is 0. The molecule has 0 aromatic carbocycles. The third kappa shape index (κ3) is 3.38. The first-order valence-corrected chi connectivity index (χ1v) is 6.22. The summed E-state index contributed by atoms with van der Waals surface area (Å²) in [5, 5.41) is 2.66. The molecule has 0 bridgehead atoms. The van der Waals surface area contributed by atoms with Crippen molar-refractivity contribution in [1.82, 2.24) is 9.97 Å². The van der Waals surface area contributed by atoms with E-state index < -0.39 is 16.6 Å².